The summed E-state index contributed by atoms with van der Waals surface area (Å²) >= 11 is 0. The number of fused-ring (bicyclic) bond motifs is 1. The van der Waals surface area contributed by atoms with Crippen LogP contribution in [0.4, 0.5) is 0 Å². The van der Waals surface area contributed by atoms with Crippen LogP contribution >= 0.6 is 0 Å². The Balaban J connectivity index is 1.82. The zero-order valence-electron chi connectivity index (χ0n) is 10.5. The Kier molecular flexibility index (Phi) is 4.81. The van der Waals surface area contributed by atoms with Crippen molar-refractivity contribution >= 4 is 0 Å². The Bertz CT molecular complexity index is 383. The second-order valence-corrected chi connectivity index (χ2v) is 4.22. The van der Waals surface area contributed by atoms with Crippen molar-refractivity contribution in [3.8, 4) is 11.5 Å². The summed E-state index contributed by atoms with van der Waals surface area (Å²) in [6.07, 6.45) is -0.479. The van der Waals surface area contributed by atoms with Crippen molar-refractivity contribution in [3.63, 3.8) is 0 Å². The number of aliphatic hydroxyl groups excluding tert-OH is 1. The van der Waals surface area contributed by atoms with E-state index >= 15 is 0 Å². The smallest absolute Gasteiger partial charge is 0.161 e. The molecule has 0 amide bonds. The van der Waals surface area contributed by atoms with Gasteiger partial charge in [0.2, 0.25) is 0 Å². The molecule has 0 aromatic heterocycles. The zero-order chi connectivity index (χ0) is 12.8. The van der Waals surface area contributed by atoms with Crippen LogP contribution in [-0.4, -0.2) is 44.7 Å². The van der Waals surface area contributed by atoms with Crippen molar-refractivity contribution in [2.45, 2.75) is 12.6 Å². The maximum atomic E-state index is 9.49. The second kappa shape index (κ2) is 6.58. The number of nitrogens with one attached hydrogen (secondary N) is 1. The molecular formula is C13H19NO4. The van der Waals surface area contributed by atoms with E-state index in [2.05, 4.69) is 5.32 Å². The molecule has 1 aliphatic rings. The van der Waals surface area contributed by atoms with E-state index in [4.69, 9.17) is 14.2 Å². The van der Waals surface area contributed by atoms with E-state index in [1.54, 1.807) is 7.11 Å². The molecule has 0 fully saturated rings. The first kappa shape index (κ1) is 13.1. The maximum Gasteiger partial charge on any atom is 0.161 e. The van der Waals surface area contributed by atoms with Crippen molar-refractivity contribution in [3.05, 3.63) is 23.8 Å². The summed E-state index contributed by atoms with van der Waals surface area (Å²) < 4.78 is 15.8. The summed E-state index contributed by atoms with van der Waals surface area (Å²) in [7, 11) is 1.57. The van der Waals surface area contributed by atoms with Gasteiger partial charge in [0.1, 0.15) is 13.2 Å². The third-order valence-electron chi connectivity index (χ3n) is 2.67. The highest BCUT2D eigenvalue weighted by Gasteiger charge is 2.11. The maximum absolute atomic E-state index is 9.49. The van der Waals surface area contributed by atoms with Crippen LogP contribution in [0.2, 0.25) is 0 Å². The lowest BCUT2D eigenvalue weighted by Crippen LogP contribution is -2.29. The Morgan fingerprint density at radius 2 is 2.11 bits per heavy atom. The second-order valence-electron chi connectivity index (χ2n) is 4.22. The molecule has 1 unspecified atom stereocenters. The molecule has 1 heterocycles. The van der Waals surface area contributed by atoms with Gasteiger partial charge >= 0.3 is 0 Å². The van der Waals surface area contributed by atoms with E-state index in [0.29, 0.717) is 32.9 Å². The zero-order valence-corrected chi connectivity index (χ0v) is 10.5. The van der Waals surface area contributed by atoms with E-state index in [-0.39, 0.29) is 0 Å². The van der Waals surface area contributed by atoms with Crippen LogP contribution < -0.4 is 14.8 Å². The third kappa shape index (κ3) is 3.60. The predicted molar refractivity (Wildman–Crippen MR) is 67.0 cm³/mol. The van der Waals surface area contributed by atoms with Crippen molar-refractivity contribution in [1.82, 2.24) is 5.32 Å². The lowest BCUT2D eigenvalue weighted by molar-refractivity contribution is 0.0644. The van der Waals surface area contributed by atoms with Gasteiger partial charge in [0.05, 0.1) is 12.7 Å². The van der Waals surface area contributed by atoms with Gasteiger partial charge in [-0.05, 0) is 17.7 Å². The molecule has 0 bridgehead atoms. The van der Waals surface area contributed by atoms with E-state index in [1.807, 2.05) is 18.2 Å². The largest absolute Gasteiger partial charge is 0.486 e. The minimum Gasteiger partial charge on any atom is -0.486 e. The lowest BCUT2D eigenvalue weighted by Gasteiger charge is -2.19. The van der Waals surface area contributed by atoms with Gasteiger partial charge in [0.15, 0.2) is 11.5 Å². The SMILES string of the molecule is COCC(O)CNCc1ccc2c(c1)OCCO2. The van der Waals surface area contributed by atoms with Crippen molar-refractivity contribution in [2.75, 3.05) is 33.5 Å². The fourth-order valence-corrected chi connectivity index (χ4v) is 1.83. The molecule has 0 radical (unpaired) electrons. The van der Waals surface area contributed by atoms with Crippen molar-refractivity contribution in [1.29, 1.82) is 0 Å². The fraction of sp³-hybridized carbons (Fsp3) is 0.538. The summed E-state index contributed by atoms with van der Waals surface area (Å²) in [5.41, 5.74) is 1.10. The molecule has 5 heteroatoms. The first-order valence-electron chi connectivity index (χ1n) is 6.06. The molecule has 0 saturated heterocycles. The number of hydrogen-bond acceptors (Lipinski definition) is 5. The molecule has 1 aromatic rings. The minimum absolute atomic E-state index is 0.341. The fourth-order valence-electron chi connectivity index (χ4n) is 1.83. The van der Waals surface area contributed by atoms with E-state index in [9.17, 15) is 5.11 Å². The average molecular weight is 253 g/mol. The third-order valence-corrected chi connectivity index (χ3v) is 2.67. The van der Waals surface area contributed by atoms with E-state index < -0.39 is 6.10 Å². The standard InChI is InChI=1S/C13H19NO4/c1-16-9-11(15)8-14-7-10-2-3-12-13(6-10)18-5-4-17-12/h2-3,6,11,14-15H,4-5,7-9H2,1H3. The molecule has 0 spiro atoms. The van der Waals surface area contributed by atoms with Gasteiger partial charge in [-0.2, -0.15) is 0 Å². The number of benzene rings is 1. The number of ether oxygens (including phenoxy) is 3. The highest BCUT2D eigenvalue weighted by atomic mass is 16.6. The highest BCUT2D eigenvalue weighted by molar-refractivity contribution is 5.43. The summed E-state index contributed by atoms with van der Waals surface area (Å²) in [4.78, 5) is 0. The van der Waals surface area contributed by atoms with Crippen LogP contribution in [0.3, 0.4) is 0 Å². The molecule has 100 valence electrons. The molecule has 1 atom stereocenters. The molecule has 1 aliphatic heterocycles. The van der Waals surface area contributed by atoms with Gasteiger partial charge in [-0.1, -0.05) is 6.07 Å². The minimum atomic E-state index is -0.479. The Morgan fingerprint density at radius 3 is 2.89 bits per heavy atom. The summed E-state index contributed by atoms with van der Waals surface area (Å²) in [6.45, 7) is 2.72. The topological polar surface area (TPSA) is 60.0 Å². The number of hydrogen-bond donors (Lipinski definition) is 2. The quantitative estimate of drug-likeness (QED) is 0.775. The monoisotopic (exact) mass is 253 g/mol. The van der Waals surface area contributed by atoms with E-state index in [0.717, 1.165) is 17.1 Å². The number of methoxy groups -OCH3 is 1. The van der Waals surface area contributed by atoms with Crippen LogP contribution in [0, 0.1) is 0 Å². The summed E-state index contributed by atoms with van der Waals surface area (Å²) in [6, 6.07) is 5.87. The first-order chi connectivity index (χ1) is 8.79. The van der Waals surface area contributed by atoms with Gasteiger partial charge in [-0.25, -0.2) is 0 Å². The Labute approximate surface area is 107 Å². The van der Waals surface area contributed by atoms with Gasteiger partial charge < -0.3 is 24.6 Å². The molecule has 1 aromatic carbocycles. The Hall–Kier alpha value is -1.30. The number of aliphatic hydroxyl groups is 1. The molecule has 5 nitrogen and oxygen atoms in total. The summed E-state index contributed by atoms with van der Waals surface area (Å²) in [5, 5.41) is 12.7. The van der Waals surface area contributed by atoms with E-state index in [1.165, 1.54) is 0 Å². The Morgan fingerprint density at radius 1 is 1.33 bits per heavy atom. The predicted octanol–water partition coefficient (Wildman–Crippen LogP) is 0.555. The average Bonchev–Trinajstić information content (AvgIpc) is 2.39. The van der Waals surface area contributed by atoms with Crippen molar-refractivity contribution in [2.24, 2.45) is 0 Å². The van der Waals surface area contributed by atoms with Gasteiger partial charge in [0, 0.05) is 20.2 Å². The normalized spacial score (nSPS) is 15.4. The van der Waals surface area contributed by atoms with Crippen molar-refractivity contribution < 1.29 is 19.3 Å². The van der Waals surface area contributed by atoms with Crippen LogP contribution in [0.1, 0.15) is 5.56 Å². The van der Waals surface area contributed by atoms with Crippen LogP contribution in [-0.2, 0) is 11.3 Å². The van der Waals surface area contributed by atoms with Crippen LogP contribution in [0.5, 0.6) is 11.5 Å². The van der Waals surface area contributed by atoms with Gasteiger partial charge in [-0.3, -0.25) is 0 Å². The van der Waals surface area contributed by atoms with Gasteiger partial charge in [-0.15, -0.1) is 0 Å². The number of rotatable bonds is 6. The molecule has 0 aliphatic carbocycles. The van der Waals surface area contributed by atoms with Crippen LogP contribution in [0.25, 0.3) is 0 Å². The molecule has 0 saturated carbocycles. The lowest BCUT2D eigenvalue weighted by atomic mass is 10.2. The molecule has 2 rings (SSSR count). The molecule has 18 heavy (non-hydrogen) atoms. The molecular weight excluding hydrogens is 234 g/mol. The van der Waals surface area contributed by atoms with Crippen LogP contribution in [0.15, 0.2) is 18.2 Å². The molecule has 2 N–H and O–H groups in total. The highest BCUT2D eigenvalue weighted by Crippen LogP contribution is 2.30. The first-order valence-corrected chi connectivity index (χ1v) is 6.06. The summed E-state index contributed by atoms with van der Waals surface area (Å²) in [5.74, 6) is 1.59. The van der Waals surface area contributed by atoms with Gasteiger partial charge in [0.25, 0.3) is 0 Å².